The largest absolute Gasteiger partial charge is 0.481 e. The number of carbonyl (C=O) groups excluding carboxylic acids is 1. The van der Waals surface area contributed by atoms with E-state index < -0.39 is 11.9 Å². The van der Waals surface area contributed by atoms with Gasteiger partial charge in [-0.15, -0.1) is 11.8 Å². The van der Waals surface area contributed by atoms with Crippen LogP contribution in [-0.4, -0.2) is 22.6 Å². The van der Waals surface area contributed by atoms with Crippen molar-refractivity contribution in [2.45, 2.75) is 17.7 Å². The van der Waals surface area contributed by atoms with Crippen LogP contribution in [0, 0.1) is 5.92 Å². The van der Waals surface area contributed by atoms with E-state index in [0.29, 0.717) is 17.0 Å². The van der Waals surface area contributed by atoms with E-state index >= 15 is 0 Å². The Labute approximate surface area is 108 Å². The van der Waals surface area contributed by atoms with Crippen LogP contribution >= 0.6 is 23.4 Å². The first-order valence-electron chi connectivity index (χ1n) is 5.27. The first-order valence-corrected chi connectivity index (χ1v) is 6.63. The van der Waals surface area contributed by atoms with Crippen LogP contribution in [0.5, 0.6) is 0 Å². The van der Waals surface area contributed by atoms with E-state index in [1.807, 2.05) is 0 Å². The minimum absolute atomic E-state index is 0.102. The molecule has 1 heterocycles. The Kier molecular flexibility index (Phi) is 3.74. The summed E-state index contributed by atoms with van der Waals surface area (Å²) in [5, 5.41) is 9.36. The van der Waals surface area contributed by atoms with Gasteiger partial charge in [0.2, 0.25) is 0 Å². The molecule has 1 aliphatic rings. The second-order valence-electron chi connectivity index (χ2n) is 3.91. The minimum Gasteiger partial charge on any atom is -0.481 e. The fourth-order valence-corrected chi connectivity index (χ4v) is 3.38. The average molecular weight is 271 g/mol. The number of carboxylic acid groups (broad SMARTS) is 1. The molecule has 1 atom stereocenters. The molecule has 1 unspecified atom stereocenters. The van der Waals surface area contributed by atoms with Crippen molar-refractivity contribution in [3.05, 3.63) is 28.8 Å². The quantitative estimate of drug-likeness (QED) is 0.897. The molecule has 0 spiro atoms. The van der Waals surface area contributed by atoms with Crippen LogP contribution in [-0.2, 0) is 4.79 Å². The molecule has 3 nitrogen and oxygen atoms in total. The van der Waals surface area contributed by atoms with Crippen LogP contribution in [0.15, 0.2) is 23.1 Å². The lowest BCUT2D eigenvalue weighted by atomic mass is 9.92. The normalized spacial score (nSPS) is 19.6. The molecule has 0 saturated heterocycles. The number of fused-ring (bicyclic) bond motifs is 1. The molecule has 0 aromatic heterocycles. The molecule has 1 aromatic carbocycles. The van der Waals surface area contributed by atoms with E-state index in [4.69, 9.17) is 16.7 Å². The number of ketones is 1. The number of benzene rings is 1. The Morgan fingerprint density at radius 1 is 1.53 bits per heavy atom. The van der Waals surface area contributed by atoms with Gasteiger partial charge >= 0.3 is 5.97 Å². The van der Waals surface area contributed by atoms with Crippen LogP contribution < -0.4 is 0 Å². The van der Waals surface area contributed by atoms with Crippen molar-refractivity contribution < 1.29 is 14.7 Å². The number of carboxylic acids is 1. The minimum atomic E-state index is -0.932. The van der Waals surface area contributed by atoms with Crippen molar-refractivity contribution in [3.8, 4) is 0 Å². The predicted molar refractivity (Wildman–Crippen MR) is 66.9 cm³/mol. The average Bonchev–Trinajstić information content (AvgIpc) is 2.41. The summed E-state index contributed by atoms with van der Waals surface area (Å²) in [5.74, 6) is -0.742. The van der Waals surface area contributed by atoms with Gasteiger partial charge < -0.3 is 5.11 Å². The van der Waals surface area contributed by atoms with Crippen molar-refractivity contribution in [2.24, 2.45) is 5.92 Å². The van der Waals surface area contributed by atoms with E-state index in [9.17, 15) is 9.59 Å². The Bertz CT molecular complexity index is 473. The van der Waals surface area contributed by atoms with Gasteiger partial charge in [-0.1, -0.05) is 23.7 Å². The van der Waals surface area contributed by atoms with Gasteiger partial charge in [-0.2, -0.15) is 0 Å². The lowest BCUT2D eigenvalue weighted by Gasteiger charge is -2.10. The zero-order valence-electron chi connectivity index (χ0n) is 8.98. The van der Waals surface area contributed by atoms with Gasteiger partial charge in [-0.3, -0.25) is 9.59 Å². The Morgan fingerprint density at radius 3 is 3.00 bits per heavy atom. The smallest absolute Gasteiger partial charge is 0.304 e. The molecule has 5 heteroatoms. The van der Waals surface area contributed by atoms with Crippen molar-refractivity contribution in [2.75, 3.05) is 5.75 Å². The number of hydrogen-bond acceptors (Lipinski definition) is 3. The Hall–Kier alpha value is -1.00. The molecule has 90 valence electrons. The molecular weight excluding hydrogens is 260 g/mol. The Morgan fingerprint density at radius 2 is 2.29 bits per heavy atom. The summed E-state index contributed by atoms with van der Waals surface area (Å²) in [4.78, 5) is 23.7. The zero-order chi connectivity index (χ0) is 12.4. The number of Topliss-reactive ketones (excluding diaryl/α,β-unsaturated/α-hetero) is 1. The molecule has 2 rings (SSSR count). The van der Waals surface area contributed by atoms with Crippen LogP contribution in [0.2, 0.25) is 5.02 Å². The molecule has 0 radical (unpaired) electrons. The summed E-state index contributed by atoms with van der Waals surface area (Å²) < 4.78 is 0. The molecule has 17 heavy (non-hydrogen) atoms. The van der Waals surface area contributed by atoms with E-state index in [2.05, 4.69) is 0 Å². The standard InChI is InChI=1S/C12H11ClO3S/c13-9-3-1-2-8-11(16)7(6-10(14)15)4-5-17-12(8)9/h1-3,7H,4-6H2,(H,14,15). The summed E-state index contributed by atoms with van der Waals surface area (Å²) in [6, 6.07) is 5.19. The van der Waals surface area contributed by atoms with Gasteiger partial charge in [0.25, 0.3) is 0 Å². The number of hydrogen-bond donors (Lipinski definition) is 1. The summed E-state index contributed by atoms with van der Waals surface area (Å²) in [6.07, 6.45) is 0.478. The molecule has 0 aliphatic carbocycles. The summed E-state index contributed by atoms with van der Waals surface area (Å²) >= 11 is 7.57. The van der Waals surface area contributed by atoms with Crippen molar-refractivity contribution in [1.29, 1.82) is 0 Å². The maximum absolute atomic E-state index is 12.2. The molecule has 0 saturated carbocycles. The third kappa shape index (κ3) is 2.64. The monoisotopic (exact) mass is 270 g/mol. The molecule has 0 fully saturated rings. The highest BCUT2D eigenvalue weighted by Crippen LogP contribution is 2.37. The van der Waals surface area contributed by atoms with Crippen molar-refractivity contribution in [3.63, 3.8) is 0 Å². The van der Waals surface area contributed by atoms with E-state index in [0.717, 1.165) is 10.6 Å². The molecular formula is C12H11ClO3S. The molecule has 1 aliphatic heterocycles. The van der Waals surface area contributed by atoms with Gasteiger partial charge in [0, 0.05) is 16.4 Å². The van der Waals surface area contributed by atoms with E-state index in [1.165, 1.54) is 11.8 Å². The number of aliphatic carboxylic acids is 1. The fraction of sp³-hybridized carbons (Fsp3) is 0.333. The topological polar surface area (TPSA) is 54.4 Å². The SMILES string of the molecule is O=C(O)CC1CCSc2c(Cl)cccc2C1=O. The van der Waals surface area contributed by atoms with Gasteiger partial charge in [0.15, 0.2) is 5.78 Å². The summed E-state index contributed by atoms with van der Waals surface area (Å²) in [5.41, 5.74) is 0.561. The second-order valence-corrected chi connectivity index (χ2v) is 5.43. The van der Waals surface area contributed by atoms with Crippen LogP contribution in [0.25, 0.3) is 0 Å². The molecule has 1 aromatic rings. The van der Waals surface area contributed by atoms with Gasteiger partial charge in [0.1, 0.15) is 0 Å². The third-order valence-electron chi connectivity index (χ3n) is 2.74. The first-order chi connectivity index (χ1) is 8.09. The zero-order valence-corrected chi connectivity index (χ0v) is 10.6. The Balaban J connectivity index is 2.36. The van der Waals surface area contributed by atoms with Crippen molar-refractivity contribution in [1.82, 2.24) is 0 Å². The highest BCUT2D eigenvalue weighted by Gasteiger charge is 2.28. The highest BCUT2D eigenvalue weighted by atomic mass is 35.5. The maximum atomic E-state index is 12.2. The van der Waals surface area contributed by atoms with Crippen LogP contribution in [0.1, 0.15) is 23.2 Å². The number of carbonyl (C=O) groups is 2. The maximum Gasteiger partial charge on any atom is 0.304 e. The van der Waals surface area contributed by atoms with Gasteiger partial charge in [-0.05, 0) is 18.2 Å². The third-order valence-corrected chi connectivity index (χ3v) is 4.33. The highest BCUT2D eigenvalue weighted by molar-refractivity contribution is 7.99. The lowest BCUT2D eigenvalue weighted by Crippen LogP contribution is -2.18. The number of halogens is 1. The van der Waals surface area contributed by atoms with Gasteiger partial charge in [0.05, 0.1) is 11.4 Å². The van der Waals surface area contributed by atoms with E-state index in [-0.39, 0.29) is 12.2 Å². The predicted octanol–water partition coefficient (Wildman–Crippen LogP) is 3.11. The summed E-state index contributed by atoms with van der Waals surface area (Å²) in [7, 11) is 0. The number of rotatable bonds is 2. The molecule has 0 amide bonds. The molecule has 0 bridgehead atoms. The first kappa shape index (κ1) is 12.5. The summed E-state index contributed by atoms with van der Waals surface area (Å²) in [6.45, 7) is 0. The number of thioether (sulfide) groups is 1. The molecule has 1 N–H and O–H groups in total. The van der Waals surface area contributed by atoms with Crippen LogP contribution in [0.4, 0.5) is 0 Å². The lowest BCUT2D eigenvalue weighted by molar-refractivity contribution is -0.137. The fourth-order valence-electron chi connectivity index (χ4n) is 1.91. The van der Waals surface area contributed by atoms with E-state index in [1.54, 1.807) is 18.2 Å². The van der Waals surface area contributed by atoms with Gasteiger partial charge in [-0.25, -0.2) is 0 Å². The van der Waals surface area contributed by atoms with Crippen molar-refractivity contribution >= 4 is 35.1 Å². The second kappa shape index (κ2) is 5.10. The van der Waals surface area contributed by atoms with Crippen LogP contribution in [0.3, 0.4) is 0 Å².